The molecule has 7 nitrogen and oxygen atoms in total. The van der Waals surface area contributed by atoms with Crippen LogP contribution in [0, 0.1) is 0 Å². The van der Waals surface area contributed by atoms with Crippen LogP contribution in [0.4, 0.5) is 13.2 Å². The predicted octanol–water partition coefficient (Wildman–Crippen LogP) is 1.73. The molecule has 0 saturated carbocycles. The smallest absolute Gasteiger partial charge is 0.340 e. The van der Waals surface area contributed by atoms with Crippen LogP contribution in [0.15, 0.2) is 24.3 Å². The van der Waals surface area contributed by atoms with Gasteiger partial charge in [0, 0.05) is 19.6 Å². The summed E-state index contributed by atoms with van der Waals surface area (Å²) in [6.07, 6.45) is -4.39. The van der Waals surface area contributed by atoms with E-state index in [1.54, 1.807) is 4.90 Å². The number of alkyl halides is 3. The number of hydrogen-bond acceptors (Lipinski definition) is 5. The third-order valence-corrected chi connectivity index (χ3v) is 4.57. The zero-order valence-electron chi connectivity index (χ0n) is 14.4. The van der Waals surface area contributed by atoms with E-state index in [0.717, 1.165) is 12.1 Å². The Hall–Kier alpha value is -2.49. The first-order valence-corrected chi connectivity index (χ1v) is 8.29. The van der Waals surface area contributed by atoms with Crippen molar-refractivity contribution >= 4 is 5.91 Å². The lowest BCUT2D eigenvalue weighted by Gasteiger charge is -2.38. The Bertz CT molecular complexity index is 773. The number of carbonyl (C=O) groups excluding carboxylic acids is 1. The summed E-state index contributed by atoms with van der Waals surface area (Å²) < 4.78 is 39.5. The first kappa shape index (κ1) is 18.3. The molecule has 3 rings (SSSR count). The molecule has 0 radical (unpaired) electrons. The number of carbonyl (C=O) groups is 1. The average Bonchev–Trinajstić information content (AvgIpc) is 3.07. The van der Waals surface area contributed by atoms with E-state index in [4.69, 9.17) is 0 Å². The number of likely N-dealkylation sites (N-methyl/N-ethyl adjacent to an activating group) is 1. The highest BCUT2D eigenvalue weighted by atomic mass is 19.4. The average molecular weight is 368 g/mol. The highest BCUT2D eigenvalue weighted by Crippen LogP contribution is 2.29. The first-order chi connectivity index (χ1) is 12.3. The summed E-state index contributed by atoms with van der Waals surface area (Å²) in [4.78, 5) is 16.1. The van der Waals surface area contributed by atoms with E-state index in [0.29, 0.717) is 37.7 Å². The minimum atomic E-state index is -4.39. The third-order valence-electron chi connectivity index (χ3n) is 4.57. The van der Waals surface area contributed by atoms with Crippen LogP contribution in [0.3, 0.4) is 0 Å². The number of amides is 1. The van der Waals surface area contributed by atoms with Crippen molar-refractivity contribution in [2.75, 3.05) is 19.6 Å². The van der Waals surface area contributed by atoms with E-state index >= 15 is 0 Å². The molecule has 0 N–H and O–H groups in total. The SMILES string of the molecule is CCN1CCN(Cc2nnnn2-c2ccc(C(F)(F)F)cc2)[C@H](C)C1=O. The maximum Gasteiger partial charge on any atom is 0.416 e. The second-order valence-corrected chi connectivity index (χ2v) is 6.12. The van der Waals surface area contributed by atoms with E-state index in [9.17, 15) is 18.0 Å². The van der Waals surface area contributed by atoms with Gasteiger partial charge in [-0.15, -0.1) is 5.10 Å². The lowest BCUT2D eigenvalue weighted by atomic mass is 10.1. The number of nitrogens with zero attached hydrogens (tertiary/aromatic N) is 6. The van der Waals surface area contributed by atoms with Gasteiger partial charge in [0.25, 0.3) is 0 Å². The topological polar surface area (TPSA) is 67.2 Å². The number of aromatic nitrogens is 4. The van der Waals surface area contributed by atoms with Crippen LogP contribution in [0.25, 0.3) is 5.69 Å². The van der Waals surface area contributed by atoms with Gasteiger partial charge in [-0.1, -0.05) is 0 Å². The lowest BCUT2D eigenvalue weighted by molar-refractivity contribution is -0.141. The minimum absolute atomic E-state index is 0.0484. The summed E-state index contributed by atoms with van der Waals surface area (Å²) >= 11 is 0. The summed E-state index contributed by atoms with van der Waals surface area (Å²) in [6.45, 7) is 6.07. The highest BCUT2D eigenvalue weighted by Gasteiger charge is 2.32. The molecule has 26 heavy (non-hydrogen) atoms. The maximum absolute atomic E-state index is 12.7. The number of piperazine rings is 1. The van der Waals surface area contributed by atoms with Crippen molar-refractivity contribution in [3.8, 4) is 5.69 Å². The number of rotatable bonds is 4. The normalized spacial score (nSPS) is 19.2. The number of hydrogen-bond donors (Lipinski definition) is 0. The molecule has 0 spiro atoms. The largest absolute Gasteiger partial charge is 0.416 e. The molecule has 0 bridgehead atoms. The van der Waals surface area contributed by atoms with E-state index in [1.807, 2.05) is 18.7 Å². The van der Waals surface area contributed by atoms with E-state index in [1.165, 1.54) is 16.8 Å². The molecule has 1 atom stereocenters. The Kier molecular flexibility index (Phi) is 4.94. The van der Waals surface area contributed by atoms with Crippen molar-refractivity contribution in [2.24, 2.45) is 0 Å². The summed E-state index contributed by atoms with van der Waals surface area (Å²) in [7, 11) is 0. The molecular weight excluding hydrogens is 349 g/mol. The quantitative estimate of drug-likeness (QED) is 0.822. The molecule has 1 aromatic carbocycles. The predicted molar refractivity (Wildman–Crippen MR) is 86.3 cm³/mol. The Morgan fingerprint density at radius 3 is 2.50 bits per heavy atom. The van der Waals surface area contributed by atoms with Crippen LogP contribution >= 0.6 is 0 Å². The van der Waals surface area contributed by atoms with Crippen LogP contribution in [0.1, 0.15) is 25.2 Å². The Morgan fingerprint density at radius 1 is 1.19 bits per heavy atom. The van der Waals surface area contributed by atoms with Gasteiger partial charge in [-0.3, -0.25) is 9.69 Å². The Labute approximate surface area is 148 Å². The fourth-order valence-corrected chi connectivity index (χ4v) is 2.98. The second kappa shape index (κ2) is 7.02. The van der Waals surface area contributed by atoms with Gasteiger partial charge in [-0.2, -0.15) is 17.9 Å². The lowest BCUT2D eigenvalue weighted by Crippen LogP contribution is -2.55. The number of benzene rings is 1. The van der Waals surface area contributed by atoms with Crippen molar-refractivity contribution in [3.05, 3.63) is 35.7 Å². The molecule has 0 unspecified atom stereocenters. The van der Waals surface area contributed by atoms with Crippen LogP contribution in [0.5, 0.6) is 0 Å². The molecular formula is C16H19F3N6O. The van der Waals surface area contributed by atoms with Crippen molar-refractivity contribution in [3.63, 3.8) is 0 Å². The second-order valence-electron chi connectivity index (χ2n) is 6.12. The van der Waals surface area contributed by atoms with E-state index < -0.39 is 11.7 Å². The molecule has 2 aromatic rings. The van der Waals surface area contributed by atoms with Gasteiger partial charge in [-0.25, -0.2) is 0 Å². The van der Waals surface area contributed by atoms with Crippen molar-refractivity contribution in [1.29, 1.82) is 0 Å². The zero-order valence-corrected chi connectivity index (χ0v) is 14.4. The van der Waals surface area contributed by atoms with Crippen LogP contribution in [0.2, 0.25) is 0 Å². The van der Waals surface area contributed by atoms with Crippen molar-refractivity contribution in [1.82, 2.24) is 30.0 Å². The van der Waals surface area contributed by atoms with Gasteiger partial charge in [0.1, 0.15) is 0 Å². The standard InChI is InChI=1S/C16H19F3N6O/c1-3-23-8-9-24(11(2)15(23)26)10-14-20-21-22-25(14)13-6-4-12(5-7-13)16(17,18)19/h4-7,11H,3,8-10H2,1-2H3/t11-/m1/s1. The summed E-state index contributed by atoms with van der Waals surface area (Å²) in [5, 5.41) is 11.5. The number of halogens is 3. The highest BCUT2D eigenvalue weighted by molar-refractivity contribution is 5.82. The Balaban J connectivity index is 1.78. The Morgan fingerprint density at radius 2 is 1.88 bits per heavy atom. The molecule has 1 amide bonds. The molecule has 1 fully saturated rings. The third kappa shape index (κ3) is 3.55. The monoisotopic (exact) mass is 368 g/mol. The zero-order chi connectivity index (χ0) is 18.9. The van der Waals surface area contributed by atoms with Gasteiger partial charge >= 0.3 is 6.18 Å². The van der Waals surface area contributed by atoms with Crippen molar-refractivity contribution < 1.29 is 18.0 Å². The minimum Gasteiger partial charge on any atom is -0.340 e. The molecule has 1 aromatic heterocycles. The molecule has 1 aliphatic rings. The van der Waals surface area contributed by atoms with Gasteiger partial charge in [0.15, 0.2) is 5.82 Å². The first-order valence-electron chi connectivity index (χ1n) is 8.29. The van der Waals surface area contributed by atoms with Crippen LogP contribution < -0.4 is 0 Å². The fourth-order valence-electron chi connectivity index (χ4n) is 2.98. The fraction of sp³-hybridized carbons (Fsp3) is 0.500. The van der Waals surface area contributed by atoms with Crippen LogP contribution in [-0.4, -0.2) is 61.6 Å². The molecule has 1 aliphatic heterocycles. The van der Waals surface area contributed by atoms with E-state index in [-0.39, 0.29) is 11.9 Å². The molecule has 1 saturated heterocycles. The number of tetrazole rings is 1. The van der Waals surface area contributed by atoms with Crippen molar-refractivity contribution in [2.45, 2.75) is 32.6 Å². The maximum atomic E-state index is 12.7. The van der Waals surface area contributed by atoms with Gasteiger partial charge in [-0.05, 0) is 48.5 Å². The molecule has 10 heteroatoms. The molecule has 2 heterocycles. The van der Waals surface area contributed by atoms with Crippen LogP contribution in [-0.2, 0) is 17.5 Å². The van der Waals surface area contributed by atoms with Gasteiger partial charge < -0.3 is 4.90 Å². The summed E-state index contributed by atoms with van der Waals surface area (Å²) in [5.74, 6) is 0.515. The van der Waals surface area contributed by atoms with Gasteiger partial charge in [0.05, 0.1) is 23.8 Å². The molecule has 0 aliphatic carbocycles. The molecule has 140 valence electrons. The van der Waals surface area contributed by atoms with Gasteiger partial charge in [0.2, 0.25) is 5.91 Å². The summed E-state index contributed by atoms with van der Waals surface area (Å²) in [6, 6.07) is 4.33. The van der Waals surface area contributed by atoms with E-state index in [2.05, 4.69) is 15.5 Å². The summed E-state index contributed by atoms with van der Waals surface area (Å²) in [5.41, 5.74) is -0.296.